The van der Waals surface area contributed by atoms with Crippen molar-refractivity contribution in [1.82, 2.24) is 9.19 Å². The molecule has 6 nitrogen and oxygen atoms in total. The van der Waals surface area contributed by atoms with E-state index < -0.39 is 10.0 Å². The van der Waals surface area contributed by atoms with Gasteiger partial charge in [0.25, 0.3) is 10.0 Å². The first kappa shape index (κ1) is 21.5. The Morgan fingerprint density at radius 1 is 0.871 bits per heavy atom. The molecule has 0 amide bonds. The van der Waals surface area contributed by atoms with Gasteiger partial charge in [-0.3, -0.25) is 0 Å². The Morgan fingerprint density at radius 2 is 1.52 bits per heavy atom. The van der Waals surface area contributed by atoms with E-state index in [-0.39, 0.29) is 24.0 Å². The molecule has 0 saturated heterocycles. The first-order valence-corrected chi connectivity index (χ1v) is 11.6. The molecular weight excluding hydrogens is 459 g/mol. The van der Waals surface area contributed by atoms with Gasteiger partial charge in [-0.15, -0.1) is 9.19 Å². The van der Waals surface area contributed by atoms with Crippen LogP contribution in [0.4, 0.5) is 0 Å². The number of hydrogen-bond donors (Lipinski definition) is 0. The van der Waals surface area contributed by atoms with E-state index >= 15 is 0 Å². The molecule has 0 radical (unpaired) electrons. The Morgan fingerprint density at radius 3 is 2.23 bits per heavy atom. The summed E-state index contributed by atoms with van der Waals surface area (Å²) in [5.41, 5.74) is 1.39. The zero-order chi connectivity index (χ0) is 22.0. The first-order chi connectivity index (χ1) is 14.9. The van der Waals surface area contributed by atoms with Crippen molar-refractivity contribution >= 4 is 44.1 Å². The van der Waals surface area contributed by atoms with Gasteiger partial charge in [-0.1, -0.05) is 59.1 Å². The monoisotopic (exact) mass is 476 g/mol. The predicted octanol–water partition coefficient (Wildman–Crippen LogP) is 5.35. The van der Waals surface area contributed by atoms with Crippen LogP contribution in [-0.4, -0.2) is 30.8 Å². The van der Waals surface area contributed by atoms with Crippen molar-refractivity contribution in [3.63, 3.8) is 0 Å². The largest absolute Gasteiger partial charge is 0.487 e. The first-order valence-electron chi connectivity index (χ1n) is 9.37. The lowest BCUT2D eigenvalue weighted by Gasteiger charge is -2.10. The van der Waals surface area contributed by atoms with Gasteiger partial charge in [-0.05, 0) is 43.3 Å². The number of aryl methyl sites for hydroxylation is 1. The highest BCUT2D eigenvalue weighted by Crippen LogP contribution is 2.32. The second-order valence-corrected chi connectivity index (χ2v) is 9.31. The smallest absolute Gasteiger partial charge is 0.283 e. The van der Waals surface area contributed by atoms with Gasteiger partial charge in [0.05, 0.1) is 25.8 Å². The molecule has 0 aliphatic carbocycles. The minimum Gasteiger partial charge on any atom is -0.487 e. The number of aromatic nitrogens is 2. The number of halogens is 2. The molecule has 31 heavy (non-hydrogen) atoms. The van der Waals surface area contributed by atoms with Crippen molar-refractivity contribution < 1.29 is 17.9 Å². The van der Waals surface area contributed by atoms with Crippen LogP contribution in [-0.2, 0) is 10.0 Å². The lowest BCUT2D eigenvalue weighted by Crippen LogP contribution is -2.15. The molecule has 1 heterocycles. The van der Waals surface area contributed by atoms with Gasteiger partial charge < -0.3 is 9.47 Å². The molecule has 160 valence electrons. The maximum absolute atomic E-state index is 13.2. The summed E-state index contributed by atoms with van der Waals surface area (Å²) in [5, 5.41) is 5.61. The van der Waals surface area contributed by atoms with Crippen molar-refractivity contribution in [1.29, 1.82) is 0 Å². The summed E-state index contributed by atoms with van der Waals surface area (Å²) in [5.74, 6) is 0.562. The Balaban J connectivity index is 1.58. The van der Waals surface area contributed by atoms with Gasteiger partial charge in [0, 0.05) is 0 Å². The normalized spacial score (nSPS) is 11.6. The summed E-state index contributed by atoms with van der Waals surface area (Å²) in [6.07, 6.45) is 0. The Labute approximate surface area is 190 Å². The average molecular weight is 477 g/mol. The fourth-order valence-corrected chi connectivity index (χ4v) is 4.80. The molecule has 4 rings (SSSR count). The highest BCUT2D eigenvalue weighted by molar-refractivity contribution is 7.90. The number of benzene rings is 3. The van der Waals surface area contributed by atoms with Crippen molar-refractivity contribution in [2.24, 2.45) is 0 Å². The minimum atomic E-state index is -3.89. The summed E-state index contributed by atoms with van der Waals surface area (Å²) >= 11 is 12.2. The van der Waals surface area contributed by atoms with E-state index in [0.29, 0.717) is 26.7 Å². The minimum absolute atomic E-state index is 0.118. The maximum atomic E-state index is 13.2. The summed E-state index contributed by atoms with van der Waals surface area (Å²) < 4.78 is 38.7. The average Bonchev–Trinajstić information content (AvgIpc) is 3.13. The zero-order valence-corrected chi connectivity index (χ0v) is 18.8. The van der Waals surface area contributed by atoms with Crippen molar-refractivity contribution in [2.45, 2.75) is 11.8 Å². The van der Waals surface area contributed by atoms with Crippen molar-refractivity contribution in [2.75, 3.05) is 13.2 Å². The van der Waals surface area contributed by atoms with Crippen LogP contribution in [0.1, 0.15) is 5.56 Å². The van der Waals surface area contributed by atoms with Crippen LogP contribution in [0.2, 0.25) is 10.0 Å². The molecule has 0 unspecified atom stereocenters. The molecule has 3 aromatic carbocycles. The fraction of sp³-hybridized carbons (Fsp3) is 0.136. The SMILES string of the molecule is Cc1ccc(S(=O)(=O)n2nc(OCCOc3c(Cl)cccc3Cl)c3ccccc32)cc1. The van der Waals surface area contributed by atoms with Gasteiger partial charge >= 0.3 is 0 Å². The molecule has 0 aliphatic heterocycles. The fourth-order valence-electron chi connectivity index (χ4n) is 3.01. The number of rotatable bonds is 7. The van der Waals surface area contributed by atoms with E-state index in [0.717, 1.165) is 9.65 Å². The quantitative estimate of drug-likeness (QED) is 0.336. The van der Waals surface area contributed by atoms with Gasteiger partial charge in [-0.25, -0.2) is 0 Å². The Kier molecular flexibility index (Phi) is 6.09. The summed E-state index contributed by atoms with van der Waals surface area (Å²) in [6.45, 7) is 2.16. The number of nitrogens with zero attached hydrogens (tertiary/aromatic N) is 2. The van der Waals surface area contributed by atoms with E-state index in [1.807, 2.05) is 6.92 Å². The molecule has 0 bridgehead atoms. The molecular formula is C22H18Cl2N2O4S. The van der Waals surface area contributed by atoms with E-state index in [4.69, 9.17) is 32.7 Å². The topological polar surface area (TPSA) is 70.4 Å². The van der Waals surface area contributed by atoms with Crippen LogP contribution in [0.5, 0.6) is 11.6 Å². The standard InChI is InChI=1S/C22H18Cl2N2O4S/c1-15-9-11-16(12-10-15)31(27,28)26-20-8-3-2-5-17(20)22(25-26)30-14-13-29-21-18(23)6-4-7-19(21)24/h2-12H,13-14H2,1H3. The molecule has 1 aromatic heterocycles. The van der Waals surface area contributed by atoms with Gasteiger partial charge in [0.15, 0.2) is 5.75 Å². The van der Waals surface area contributed by atoms with Gasteiger partial charge in [0.1, 0.15) is 13.2 Å². The van der Waals surface area contributed by atoms with Crippen LogP contribution in [0, 0.1) is 6.92 Å². The van der Waals surface area contributed by atoms with Crippen LogP contribution >= 0.6 is 23.2 Å². The molecule has 0 spiro atoms. The van der Waals surface area contributed by atoms with Gasteiger partial charge in [0.2, 0.25) is 5.88 Å². The van der Waals surface area contributed by atoms with Crippen LogP contribution < -0.4 is 9.47 Å². The lowest BCUT2D eigenvalue weighted by molar-refractivity contribution is 0.213. The molecule has 0 N–H and O–H groups in total. The third-order valence-electron chi connectivity index (χ3n) is 4.56. The Hall–Kier alpha value is -2.74. The third kappa shape index (κ3) is 4.35. The van der Waals surface area contributed by atoms with E-state index in [9.17, 15) is 8.42 Å². The lowest BCUT2D eigenvalue weighted by atomic mass is 10.2. The third-order valence-corrected chi connectivity index (χ3v) is 6.75. The zero-order valence-electron chi connectivity index (χ0n) is 16.5. The molecule has 0 aliphatic rings. The van der Waals surface area contributed by atoms with Gasteiger partial charge in [-0.2, -0.15) is 8.42 Å². The predicted molar refractivity (Wildman–Crippen MR) is 121 cm³/mol. The summed E-state index contributed by atoms with van der Waals surface area (Å²) in [6, 6.07) is 18.7. The second-order valence-electron chi connectivity index (χ2n) is 6.73. The summed E-state index contributed by atoms with van der Waals surface area (Å²) in [4.78, 5) is 0.148. The van der Waals surface area contributed by atoms with Crippen molar-refractivity contribution in [3.8, 4) is 11.6 Å². The highest BCUT2D eigenvalue weighted by atomic mass is 35.5. The van der Waals surface area contributed by atoms with E-state index in [1.54, 1.807) is 66.7 Å². The summed E-state index contributed by atoms with van der Waals surface area (Å²) in [7, 11) is -3.89. The van der Waals surface area contributed by atoms with E-state index in [2.05, 4.69) is 5.10 Å². The number of fused-ring (bicyclic) bond motifs is 1. The maximum Gasteiger partial charge on any atom is 0.283 e. The number of ether oxygens (including phenoxy) is 2. The van der Waals surface area contributed by atoms with Crippen LogP contribution in [0.3, 0.4) is 0 Å². The van der Waals surface area contributed by atoms with E-state index in [1.165, 1.54) is 0 Å². The van der Waals surface area contributed by atoms with Crippen LogP contribution in [0.25, 0.3) is 10.9 Å². The molecule has 0 saturated carbocycles. The molecule has 9 heteroatoms. The van der Waals surface area contributed by atoms with Crippen LogP contribution in [0.15, 0.2) is 71.6 Å². The number of para-hydroxylation sites is 2. The highest BCUT2D eigenvalue weighted by Gasteiger charge is 2.23. The number of hydrogen-bond acceptors (Lipinski definition) is 5. The molecule has 0 fully saturated rings. The Bertz CT molecular complexity index is 1320. The van der Waals surface area contributed by atoms with Crippen molar-refractivity contribution in [3.05, 3.63) is 82.3 Å². The molecule has 4 aromatic rings. The second kappa shape index (κ2) is 8.78. The molecule has 0 atom stereocenters.